The Kier molecular flexibility index (Phi) is 5.52. The van der Waals surface area contributed by atoms with Gasteiger partial charge in [0.1, 0.15) is 0 Å². The van der Waals surface area contributed by atoms with Gasteiger partial charge in [-0.25, -0.2) is 0 Å². The van der Waals surface area contributed by atoms with Crippen LogP contribution in [0, 0.1) is 5.92 Å². The van der Waals surface area contributed by atoms with Gasteiger partial charge in [0.2, 0.25) is 5.91 Å². The summed E-state index contributed by atoms with van der Waals surface area (Å²) in [5.41, 5.74) is 1.99. The minimum atomic E-state index is -4.37. The molecule has 1 fully saturated rings. The van der Waals surface area contributed by atoms with Crippen molar-refractivity contribution in [2.24, 2.45) is 5.92 Å². The molecule has 3 nitrogen and oxygen atoms in total. The van der Waals surface area contributed by atoms with Gasteiger partial charge < -0.3 is 10.2 Å². The third-order valence-electron chi connectivity index (χ3n) is 6.06. The Morgan fingerprint density at radius 3 is 2.66 bits per heavy atom. The van der Waals surface area contributed by atoms with Crippen LogP contribution in [0.25, 0.3) is 0 Å². The smallest absolute Gasteiger partial charge is 0.368 e. The lowest BCUT2D eigenvalue weighted by molar-refractivity contribution is -0.137. The fraction of sp³-hybridized carbons (Fsp3) is 0.435. The van der Waals surface area contributed by atoms with Gasteiger partial charge in [-0.05, 0) is 61.4 Å². The summed E-state index contributed by atoms with van der Waals surface area (Å²) >= 11 is 0. The van der Waals surface area contributed by atoms with Crippen LogP contribution in [0.2, 0.25) is 0 Å². The number of carbonyl (C=O) groups excluding carboxylic acids is 1. The minimum Gasteiger partial charge on any atom is -0.368 e. The number of fused-ring (bicyclic) bond motifs is 3. The third kappa shape index (κ3) is 4.26. The van der Waals surface area contributed by atoms with Gasteiger partial charge in [0.05, 0.1) is 11.5 Å². The molecule has 0 bridgehead atoms. The van der Waals surface area contributed by atoms with Gasteiger partial charge in [-0.3, -0.25) is 4.79 Å². The summed E-state index contributed by atoms with van der Waals surface area (Å²) in [6, 6.07) is 13.9. The molecule has 2 aromatic rings. The highest BCUT2D eigenvalue weighted by molar-refractivity contribution is 5.82. The fourth-order valence-corrected chi connectivity index (χ4v) is 4.63. The lowest BCUT2D eigenvalue weighted by Crippen LogP contribution is -2.53. The maximum atomic E-state index is 13.2. The molecule has 2 heterocycles. The number of halogens is 3. The highest BCUT2D eigenvalue weighted by Gasteiger charge is 2.40. The van der Waals surface area contributed by atoms with Crippen molar-refractivity contribution in [3.63, 3.8) is 0 Å². The molecule has 2 aliphatic heterocycles. The quantitative estimate of drug-likeness (QED) is 0.811. The molecular weight excluding hydrogens is 377 g/mol. The van der Waals surface area contributed by atoms with Crippen LogP contribution in [-0.4, -0.2) is 25.0 Å². The molecule has 1 amide bonds. The largest absolute Gasteiger partial charge is 0.416 e. The van der Waals surface area contributed by atoms with Crippen molar-refractivity contribution < 1.29 is 18.0 Å². The predicted molar refractivity (Wildman–Crippen MR) is 107 cm³/mol. The standard InChI is InChI=1S/C23H25F3N2O/c24-23(25,26)18-9-10-20-17(14-18)15-19(21-8-4-5-13-28(20)21)22(29)27-12-11-16-6-2-1-3-7-16/h1-3,6-7,9-10,14,19,21H,4-5,8,11-13,15H2,(H,27,29)/t19-,21-/m1/s1. The SMILES string of the molecule is O=C(NCCc1ccccc1)[C@@H]1Cc2cc(C(F)(F)F)ccc2N2CCCC[C@H]12. The molecule has 0 saturated carbocycles. The molecule has 1 N–H and O–H groups in total. The van der Waals surface area contributed by atoms with Gasteiger partial charge in [-0.15, -0.1) is 0 Å². The van der Waals surface area contributed by atoms with Crippen molar-refractivity contribution in [1.29, 1.82) is 0 Å². The Morgan fingerprint density at radius 2 is 1.90 bits per heavy atom. The van der Waals surface area contributed by atoms with Gasteiger partial charge in [0.25, 0.3) is 0 Å². The van der Waals surface area contributed by atoms with E-state index in [2.05, 4.69) is 10.2 Å². The number of alkyl halides is 3. The second kappa shape index (κ2) is 8.09. The average Bonchev–Trinajstić information content (AvgIpc) is 2.72. The molecule has 2 aromatic carbocycles. The highest BCUT2D eigenvalue weighted by Crippen LogP contribution is 2.41. The molecule has 0 aliphatic carbocycles. The maximum absolute atomic E-state index is 13.2. The van der Waals surface area contributed by atoms with Crippen LogP contribution in [0.15, 0.2) is 48.5 Å². The highest BCUT2D eigenvalue weighted by atomic mass is 19.4. The third-order valence-corrected chi connectivity index (χ3v) is 6.06. The molecule has 0 spiro atoms. The zero-order valence-electron chi connectivity index (χ0n) is 16.2. The van der Waals surface area contributed by atoms with E-state index >= 15 is 0 Å². The Bertz CT molecular complexity index is 866. The first-order valence-corrected chi connectivity index (χ1v) is 10.2. The van der Waals surface area contributed by atoms with Crippen molar-refractivity contribution >= 4 is 11.6 Å². The van der Waals surface area contributed by atoms with Gasteiger partial charge in [-0.1, -0.05) is 30.3 Å². The Labute approximate surface area is 168 Å². The van der Waals surface area contributed by atoms with E-state index in [1.54, 1.807) is 6.07 Å². The number of carbonyl (C=O) groups is 1. The van der Waals surface area contributed by atoms with E-state index in [1.165, 1.54) is 6.07 Å². The molecule has 6 heteroatoms. The van der Waals surface area contributed by atoms with E-state index in [1.807, 2.05) is 30.3 Å². The second-order valence-corrected chi connectivity index (χ2v) is 7.94. The molecular formula is C23H25F3N2O. The number of nitrogens with one attached hydrogen (secondary N) is 1. The van der Waals surface area contributed by atoms with Crippen molar-refractivity contribution in [3.05, 3.63) is 65.2 Å². The molecule has 154 valence electrons. The summed E-state index contributed by atoms with van der Waals surface area (Å²) in [5.74, 6) is -0.372. The topological polar surface area (TPSA) is 32.3 Å². The maximum Gasteiger partial charge on any atom is 0.416 e. The summed E-state index contributed by atoms with van der Waals surface area (Å²) in [6.45, 7) is 1.32. The van der Waals surface area contributed by atoms with Crippen LogP contribution in [0.3, 0.4) is 0 Å². The number of hydrogen-bond donors (Lipinski definition) is 1. The molecule has 2 aliphatic rings. The molecule has 0 radical (unpaired) electrons. The molecule has 4 rings (SSSR count). The lowest BCUT2D eigenvalue weighted by Gasteiger charge is -2.46. The van der Waals surface area contributed by atoms with Gasteiger partial charge in [0.15, 0.2) is 0 Å². The van der Waals surface area contributed by atoms with Crippen LogP contribution < -0.4 is 10.2 Å². The van der Waals surface area contributed by atoms with E-state index in [0.717, 1.165) is 49.5 Å². The first-order chi connectivity index (χ1) is 13.9. The van der Waals surface area contributed by atoms with Crippen LogP contribution in [0.4, 0.5) is 18.9 Å². The van der Waals surface area contributed by atoms with Crippen LogP contribution in [0.1, 0.15) is 36.0 Å². The van der Waals surface area contributed by atoms with Crippen LogP contribution in [0.5, 0.6) is 0 Å². The molecule has 1 saturated heterocycles. The van der Waals surface area contributed by atoms with E-state index in [4.69, 9.17) is 0 Å². The minimum absolute atomic E-state index is 0.0547. The molecule has 2 atom stereocenters. The van der Waals surface area contributed by atoms with E-state index in [9.17, 15) is 18.0 Å². The van der Waals surface area contributed by atoms with Gasteiger partial charge in [0, 0.05) is 24.8 Å². The lowest BCUT2D eigenvalue weighted by atomic mass is 9.80. The monoisotopic (exact) mass is 402 g/mol. The Morgan fingerprint density at radius 1 is 1.10 bits per heavy atom. The second-order valence-electron chi connectivity index (χ2n) is 7.94. The van der Waals surface area contributed by atoms with E-state index in [0.29, 0.717) is 18.5 Å². The number of amides is 1. The van der Waals surface area contributed by atoms with Crippen LogP contribution in [-0.2, 0) is 23.8 Å². The summed E-state index contributed by atoms with van der Waals surface area (Å²) < 4.78 is 39.5. The fourth-order valence-electron chi connectivity index (χ4n) is 4.63. The number of anilines is 1. The number of benzene rings is 2. The van der Waals surface area contributed by atoms with Crippen molar-refractivity contribution in [1.82, 2.24) is 5.32 Å². The summed E-state index contributed by atoms with van der Waals surface area (Å²) in [5, 5.41) is 3.02. The molecule has 0 unspecified atom stereocenters. The van der Waals surface area contributed by atoms with Crippen molar-refractivity contribution in [2.45, 2.75) is 44.3 Å². The van der Waals surface area contributed by atoms with Crippen LogP contribution >= 0.6 is 0 Å². The zero-order valence-corrected chi connectivity index (χ0v) is 16.2. The Balaban J connectivity index is 1.51. The summed E-state index contributed by atoms with van der Waals surface area (Å²) in [6.07, 6.45) is -0.331. The van der Waals surface area contributed by atoms with Gasteiger partial charge in [-0.2, -0.15) is 13.2 Å². The summed E-state index contributed by atoms with van der Waals surface area (Å²) in [7, 11) is 0. The zero-order chi connectivity index (χ0) is 20.4. The predicted octanol–water partition coefficient (Wildman–Crippen LogP) is 4.60. The van der Waals surface area contributed by atoms with E-state index in [-0.39, 0.29) is 17.9 Å². The van der Waals surface area contributed by atoms with E-state index < -0.39 is 11.7 Å². The first kappa shape index (κ1) is 19.8. The molecule has 29 heavy (non-hydrogen) atoms. The number of rotatable bonds is 4. The number of piperidine rings is 1. The van der Waals surface area contributed by atoms with Crippen molar-refractivity contribution in [3.8, 4) is 0 Å². The first-order valence-electron chi connectivity index (χ1n) is 10.2. The van der Waals surface area contributed by atoms with Crippen molar-refractivity contribution in [2.75, 3.05) is 18.0 Å². The average molecular weight is 402 g/mol. The summed E-state index contributed by atoms with van der Waals surface area (Å²) in [4.78, 5) is 15.1. The normalized spacial score (nSPS) is 21.3. The number of nitrogens with zero attached hydrogens (tertiary/aromatic N) is 1. The van der Waals surface area contributed by atoms with Gasteiger partial charge >= 0.3 is 6.18 Å². The molecule has 0 aromatic heterocycles. The Hall–Kier alpha value is -2.50. The number of hydrogen-bond acceptors (Lipinski definition) is 2.